The van der Waals surface area contributed by atoms with Gasteiger partial charge in [0.25, 0.3) is 0 Å². The van der Waals surface area contributed by atoms with E-state index >= 15 is 0 Å². The number of hydrogen-bond donors (Lipinski definition) is 1. The summed E-state index contributed by atoms with van der Waals surface area (Å²) < 4.78 is 10.9. The molecule has 110 valence electrons. The Morgan fingerprint density at radius 3 is 2.80 bits per heavy atom. The van der Waals surface area contributed by atoms with Crippen molar-refractivity contribution in [3.63, 3.8) is 0 Å². The van der Waals surface area contributed by atoms with Gasteiger partial charge < -0.3 is 14.8 Å². The van der Waals surface area contributed by atoms with Crippen molar-refractivity contribution < 1.29 is 9.47 Å². The van der Waals surface area contributed by atoms with Crippen LogP contribution in [0.4, 0.5) is 0 Å². The molecule has 2 heterocycles. The van der Waals surface area contributed by atoms with Gasteiger partial charge in [-0.2, -0.15) is 0 Å². The molecule has 0 aromatic heterocycles. The molecule has 2 fully saturated rings. The molecule has 4 nitrogen and oxygen atoms in total. The first-order valence-electron chi connectivity index (χ1n) is 7.58. The molecule has 2 aliphatic rings. The Bertz CT molecular complexity index is 421. The van der Waals surface area contributed by atoms with Crippen LogP contribution in [-0.4, -0.2) is 50.8 Å². The fraction of sp³-hybridized carbons (Fsp3) is 0.625. The lowest BCUT2D eigenvalue weighted by Crippen LogP contribution is -2.45. The second kappa shape index (κ2) is 6.46. The molecule has 0 saturated carbocycles. The molecule has 3 rings (SSSR count). The molecule has 0 bridgehead atoms. The van der Waals surface area contributed by atoms with Gasteiger partial charge in [-0.3, -0.25) is 4.90 Å². The highest BCUT2D eigenvalue weighted by Gasteiger charge is 2.32. The highest BCUT2D eigenvalue weighted by molar-refractivity contribution is 5.31. The number of nitrogens with zero attached hydrogens (tertiary/aromatic N) is 1. The van der Waals surface area contributed by atoms with E-state index < -0.39 is 0 Å². The Hall–Kier alpha value is -1.26. The fourth-order valence-electron chi connectivity index (χ4n) is 3.29. The molecule has 0 spiro atoms. The standard InChI is InChI=1S/C16H24N2O2/c1-19-14-2-4-15(5-3-14)20-11-10-18-9-7-16-13(12-18)6-8-17-16/h2-5,13,16-17H,6-12H2,1H3. The van der Waals surface area contributed by atoms with Gasteiger partial charge in [0.2, 0.25) is 0 Å². The Morgan fingerprint density at radius 2 is 2.00 bits per heavy atom. The smallest absolute Gasteiger partial charge is 0.119 e. The molecule has 0 aliphatic carbocycles. The van der Waals surface area contributed by atoms with Gasteiger partial charge in [-0.15, -0.1) is 0 Å². The Balaban J connectivity index is 1.41. The number of nitrogens with one attached hydrogen (secondary N) is 1. The molecule has 1 N–H and O–H groups in total. The quantitative estimate of drug-likeness (QED) is 0.888. The van der Waals surface area contributed by atoms with Gasteiger partial charge in [-0.05, 0) is 56.1 Å². The van der Waals surface area contributed by atoms with E-state index in [1.165, 1.54) is 32.5 Å². The van der Waals surface area contributed by atoms with Gasteiger partial charge in [-0.25, -0.2) is 0 Å². The average Bonchev–Trinajstić information content (AvgIpc) is 2.95. The van der Waals surface area contributed by atoms with E-state index in [1.807, 2.05) is 24.3 Å². The molecule has 2 aliphatic heterocycles. The van der Waals surface area contributed by atoms with Crippen molar-refractivity contribution >= 4 is 0 Å². The first-order valence-corrected chi connectivity index (χ1v) is 7.58. The van der Waals surface area contributed by atoms with Gasteiger partial charge in [0.15, 0.2) is 0 Å². The molecule has 2 saturated heterocycles. The Morgan fingerprint density at radius 1 is 1.20 bits per heavy atom. The van der Waals surface area contributed by atoms with Crippen LogP contribution in [0.2, 0.25) is 0 Å². The summed E-state index contributed by atoms with van der Waals surface area (Å²) in [5.41, 5.74) is 0. The molecule has 0 amide bonds. The van der Waals surface area contributed by atoms with Crippen molar-refractivity contribution in [3.05, 3.63) is 24.3 Å². The largest absolute Gasteiger partial charge is 0.497 e. The minimum absolute atomic E-state index is 0.761. The zero-order chi connectivity index (χ0) is 13.8. The summed E-state index contributed by atoms with van der Waals surface area (Å²) in [6.07, 6.45) is 2.62. The van der Waals surface area contributed by atoms with Crippen molar-refractivity contribution in [1.29, 1.82) is 0 Å². The number of ether oxygens (including phenoxy) is 2. The maximum absolute atomic E-state index is 5.81. The number of piperidine rings is 1. The summed E-state index contributed by atoms with van der Waals surface area (Å²) in [6, 6.07) is 8.57. The van der Waals surface area contributed by atoms with Gasteiger partial charge in [0.05, 0.1) is 7.11 Å². The van der Waals surface area contributed by atoms with Gasteiger partial charge in [-0.1, -0.05) is 0 Å². The van der Waals surface area contributed by atoms with Crippen LogP contribution < -0.4 is 14.8 Å². The molecule has 2 unspecified atom stereocenters. The van der Waals surface area contributed by atoms with E-state index in [2.05, 4.69) is 10.2 Å². The number of benzene rings is 1. The van der Waals surface area contributed by atoms with Crippen molar-refractivity contribution in [3.8, 4) is 11.5 Å². The van der Waals surface area contributed by atoms with E-state index in [1.54, 1.807) is 7.11 Å². The maximum atomic E-state index is 5.81. The molecule has 4 heteroatoms. The monoisotopic (exact) mass is 276 g/mol. The molecule has 20 heavy (non-hydrogen) atoms. The molecular formula is C16H24N2O2. The van der Waals surface area contributed by atoms with Crippen molar-refractivity contribution in [2.45, 2.75) is 18.9 Å². The number of methoxy groups -OCH3 is 1. The topological polar surface area (TPSA) is 33.7 Å². The minimum Gasteiger partial charge on any atom is -0.497 e. The van der Waals surface area contributed by atoms with Gasteiger partial charge >= 0.3 is 0 Å². The zero-order valence-electron chi connectivity index (χ0n) is 12.2. The van der Waals surface area contributed by atoms with E-state index in [9.17, 15) is 0 Å². The fourth-order valence-corrected chi connectivity index (χ4v) is 3.29. The van der Waals surface area contributed by atoms with Crippen LogP contribution in [0.15, 0.2) is 24.3 Å². The van der Waals surface area contributed by atoms with Crippen LogP contribution in [0, 0.1) is 5.92 Å². The highest BCUT2D eigenvalue weighted by Crippen LogP contribution is 2.24. The molecule has 2 atom stereocenters. The predicted molar refractivity (Wildman–Crippen MR) is 79.4 cm³/mol. The van der Waals surface area contributed by atoms with Crippen LogP contribution in [0.3, 0.4) is 0 Å². The predicted octanol–water partition coefficient (Wildman–Crippen LogP) is 1.76. The third-order valence-corrected chi connectivity index (χ3v) is 4.48. The summed E-state index contributed by atoms with van der Waals surface area (Å²) in [5.74, 6) is 2.64. The van der Waals surface area contributed by atoms with Crippen molar-refractivity contribution in [1.82, 2.24) is 10.2 Å². The van der Waals surface area contributed by atoms with Crippen LogP contribution >= 0.6 is 0 Å². The molecule has 1 aromatic rings. The lowest BCUT2D eigenvalue weighted by atomic mass is 9.93. The number of fused-ring (bicyclic) bond motifs is 1. The van der Waals surface area contributed by atoms with Crippen LogP contribution in [-0.2, 0) is 0 Å². The first-order chi connectivity index (χ1) is 9.85. The maximum Gasteiger partial charge on any atom is 0.119 e. The average molecular weight is 276 g/mol. The summed E-state index contributed by atoms with van der Waals surface area (Å²) >= 11 is 0. The third-order valence-electron chi connectivity index (χ3n) is 4.48. The van der Waals surface area contributed by atoms with E-state index in [4.69, 9.17) is 9.47 Å². The molecular weight excluding hydrogens is 252 g/mol. The summed E-state index contributed by atoms with van der Waals surface area (Å²) in [4.78, 5) is 2.54. The SMILES string of the molecule is COc1ccc(OCCN2CCC3NCCC3C2)cc1. The minimum atomic E-state index is 0.761. The first kappa shape index (κ1) is 13.7. The second-order valence-electron chi connectivity index (χ2n) is 5.72. The molecule has 0 radical (unpaired) electrons. The van der Waals surface area contributed by atoms with Crippen molar-refractivity contribution in [2.24, 2.45) is 5.92 Å². The summed E-state index contributed by atoms with van der Waals surface area (Å²) in [6.45, 7) is 5.40. The number of hydrogen-bond acceptors (Lipinski definition) is 4. The highest BCUT2D eigenvalue weighted by atomic mass is 16.5. The van der Waals surface area contributed by atoms with E-state index in [0.717, 1.165) is 36.6 Å². The van der Waals surface area contributed by atoms with Crippen LogP contribution in [0.1, 0.15) is 12.8 Å². The number of likely N-dealkylation sites (tertiary alicyclic amines) is 1. The summed E-state index contributed by atoms with van der Waals surface area (Å²) in [5, 5.41) is 3.60. The third kappa shape index (κ3) is 3.25. The van der Waals surface area contributed by atoms with Gasteiger partial charge in [0, 0.05) is 19.1 Å². The lowest BCUT2D eigenvalue weighted by Gasteiger charge is -2.34. The van der Waals surface area contributed by atoms with Gasteiger partial charge in [0.1, 0.15) is 18.1 Å². The van der Waals surface area contributed by atoms with Crippen molar-refractivity contribution in [2.75, 3.05) is 39.9 Å². The zero-order valence-corrected chi connectivity index (χ0v) is 12.2. The van der Waals surface area contributed by atoms with Crippen LogP contribution in [0.5, 0.6) is 11.5 Å². The van der Waals surface area contributed by atoms with E-state index in [0.29, 0.717) is 0 Å². The number of rotatable bonds is 5. The molecule has 1 aromatic carbocycles. The second-order valence-corrected chi connectivity index (χ2v) is 5.72. The normalized spacial score (nSPS) is 26.2. The summed E-state index contributed by atoms with van der Waals surface area (Å²) in [7, 11) is 1.68. The lowest BCUT2D eigenvalue weighted by molar-refractivity contribution is 0.138. The Kier molecular flexibility index (Phi) is 4.43. The van der Waals surface area contributed by atoms with E-state index in [-0.39, 0.29) is 0 Å². The Labute approximate surface area is 121 Å². The van der Waals surface area contributed by atoms with Crippen LogP contribution in [0.25, 0.3) is 0 Å².